The fourth-order valence-electron chi connectivity index (χ4n) is 1.94. The molecule has 0 radical (unpaired) electrons. The largest absolute Gasteiger partial charge is 0.369 e. The fourth-order valence-corrected chi connectivity index (χ4v) is 3.68. The van der Waals surface area contributed by atoms with E-state index in [1.165, 1.54) is 5.56 Å². The quantitative estimate of drug-likeness (QED) is 0.842. The van der Waals surface area contributed by atoms with Crippen LogP contribution in [0.4, 0.5) is 5.82 Å². The minimum atomic E-state index is -0.0371. The molecule has 2 aromatic rings. The van der Waals surface area contributed by atoms with Gasteiger partial charge in [0.05, 0.1) is 10.2 Å². The van der Waals surface area contributed by atoms with E-state index in [9.17, 15) is 0 Å². The van der Waals surface area contributed by atoms with Crippen LogP contribution in [0.25, 0.3) is 11.4 Å². The molecule has 0 saturated heterocycles. The predicted octanol–water partition coefficient (Wildman–Crippen LogP) is 5.01. The van der Waals surface area contributed by atoms with Gasteiger partial charge in [0.25, 0.3) is 0 Å². The van der Waals surface area contributed by atoms with Crippen molar-refractivity contribution in [2.75, 3.05) is 11.9 Å². The van der Waals surface area contributed by atoms with Gasteiger partial charge in [0, 0.05) is 22.9 Å². The van der Waals surface area contributed by atoms with Crippen LogP contribution < -0.4 is 5.32 Å². The van der Waals surface area contributed by atoms with E-state index >= 15 is 0 Å². The molecule has 0 bridgehead atoms. The zero-order valence-corrected chi connectivity index (χ0v) is 14.9. The van der Waals surface area contributed by atoms with Crippen LogP contribution in [-0.2, 0) is 5.41 Å². The van der Waals surface area contributed by atoms with Crippen LogP contribution in [0.5, 0.6) is 0 Å². The Balaban J connectivity index is 2.65. The van der Waals surface area contributed by atoms with E-state index in [0.29, 0.717) is 0 Å². The summed E-state index contributed by atoms with van der Waals surface area (Å²) in [6.45, 7) is 11.5. The molecule has 0 unspecified atom stereocenters. The number of rotatable bonds is 3. The van der Waals surface area contributed by atoms with Gasteiger partial charge >= 0.3 is 0 Å². The standard InChI is InChI=1S/C15H20BrN3S/c1-6-17-14-11(16)12(15(3,4)5)18-13(19-14)10-8-20-7-9(10)2/h7-8H,6H2,1-5H3,(H,17,18,19). The monoisotopic (exact) mass is 353 g/mol. The van der Waals surface area contributed by atoms with Crippen LogP contribution in [0.3, 0.4) is 0 Å². The topological polar surface area (TPSA) is 37.8 Å². The molecule has 108 valence electrons. The molecule has 0 amide bonds. The van der Waals surface area contributed by atoms with Gasteiger partial charge in [-0.2, -0.15) is 11.3 Å². The number of aryl methyl sites for hydroxylation is 1. The van der Waals surface area contributed by atoms with Crippen LogP contribution in [0.1, 0.15) is 39.0 Å². The zero-order valence-electron chi connectivity index (χ0n) is 12.5. The van der Waals surface area contributed by atoms with Gasteiger partial charge in [0.15, 0.2) is 5.82 Å². The van der Waals surface area contributed by atoms with Crippen molar-refractivity contribution in [1.29, 1.82) is 0 Å². The van der Waals surface area contributed by atoms with Crippen molar-refractivity contribution in [2.24, 2.45) is 0 Å². The number of aromatic nitrogens is 2. The maximum atomic E-state index is 4.80. The Morgan fingerprint density at radius 2 is 1.95 bits per heavy atom. The third-order valence-electron chi connectivity index (χ3n) is 3.00. The number of nitrogens with zero attached hydrogens (tertiary/aromatic N) is 2. The molecule has 0 aliphatic carbocycles. The molecular formula is C15H20BrN3S. The third kappa shape index (κ3) is 3.04. The molecule has 20 heavy (non-hydrogen) atoms. The van der Waals surface area contributed by atoms with Crippen molar-refractivity contribution < 1.29 is 0 Å². The smallest absolute Gasteiger partial charge is 0.162 e. The van der Waals surface area contributed by atoms with Gasteiger partial charge in [0.2, 0.25) is 0 Å². The van der Waals surface area contributed by atoms with Crippen LogP contribution >= 0.6 is 27.3 Å². The summed E-state index contributed by atoms with van der Waals surface area (Å²) in [5.41, 5.74) is 3.33. The summed E-state index contributed by atoms with van der Waals surface area (Å²) in [6, 6.07) is 0. The second-order valence-corrected chi connectivity index (χ2v) is 7.34. The van der Waals surface area contributed by atoms with Gasteiger partial charge in [0.1, 0.15) is 5.82 Å². The second-order valence-electron chi connectivity index (χ2n) is 5.81. The molecule has 1 N–H and O–H groups in total. The third-order valence-corrected chi connectivity index (χ3v) is 4.61. The Hall–Kier alpha value is -0.940. The molecular weight excluding hydrogens is 334 g/mol. The van der Waals surface area contributed by atoms with E-state index in [0.717, 1.165) is 33.9 Å². The minimum absolute atomic E-state index is 0.0371. The average Bonchev–Trinajstić information content (AvgIpc) is 2.77. The predicted molar refractivity (Wildman–Crippen MR) is 90.6 cm³/mol. The number of hydrogen-bond donors (Lipinski definition) is 1. The minimum Gasteiger partial charge on any atom is -0.369 e. The first-order chi connectivity index (χ1) is 9.34. The number of nitrogens with one attached hydrogen (secondary N) is 1. The molecule has 0 spiro atoms. The summed E-state index contributed by atoms with van der Waals surface area (Å²) in [4.78, 5) is 9.48. The summed E-state index contributed by atoms with van der Waals surface area (Å²) in [5, 5.41) is 7.56. The van der Waals surface area contributed by atoms with E-state index in [1.807, 2.05) is 0 Å². The van der Waals surface area contributed by atoms with E-state index in [1.54, 1.807) is 11.3 Å². The van der Waals surface area contributed by atoms with Gasteiger partial charge in [-0.15, -0.1) is 0 Å². The van der Waals surface area contributed by atoms with Crippen molar-refractivity contribution in [2.45, 2.75) is 40.0 Å². The first-order valence-corrected chi connectivity index (χ1v) is 8.43. The molecule has 0 aliphatic rings. The molecule has 2 aromatic heterocycles. The number of hydrogen-bond acceptors (Lipinski definition) is 4. The summed E-state index contributed by atoms with van der Waals surface area (Å²) in [6.07, 6.45) is 0. The van der Waals surface area contributed by atoms with Gasteiger partial charge in [-0.3, -0.25) is 0 Å². The number of thiophene rings is 1. The fraction of sp³-hybridized carbons (Fsp3) is 0.467. The lowest BCUT2D eigenvalue weighted by molar-refractivity contribution is 0.564. The maximum Gasteiger partial charge on any atom is 0.162 e. The number of halogens is 1. The molecule has 0 fully saturated rings. The van der Waals surface area contributed by atoms with Gasteiger partial charge in [-0.05, 0) is 40.7 Å². The van der Waals surface area contributed by atoms with Gasteiger partial charge in [-0.25, -0.2) is 9.97 Å². The summed E-state index contributed by atoms with van der Waals surface area (Å²) in [7, 11) is 0. The van der Waals surface area contributed by atoms with Crippen molar-refractivity contribution in [3.8, 4) is 11.4 Å². The average molecular weight is 354 g/mol. The highest BCUT2D eigenvalue weighted by molar-refractivity contribution is 9.10. The van der Waals surface area contributed by atoms with Gasteiger partial charge < -0.3 is 5.32 Å². The summed E-state index contributed by atoms with van der Waals surface area (Å²) < 4.78 is 0.962. The van der Waals surface area contributed by atoms with Crippen molar-refractivity contribution >= 4 is 33.1 Å². The number of anilines is 1. The Bertz CT molecular complexity index is 614. The van der Waals surface area contributed by atoms with E-state index < -0.39 is 0 Å². The van der Waals surface area contributed by atoms with Crippen LogP contribution in [0.15, 0.2) is 15.2 Å². The highest BCUT2D eigenvalue weighted by Gasteiger charge is 2.24. The highest BCUT2D eigenvalue weighted by Crippen LogP contribution is 2.35. The van der Waals surface area contributed by atoms with Gasteiger partial charge in [-0.1, -0.05) is 20.8 Å². The lowest BCUT2D eigenvalue weighted by atomic mass is 9.91. The van der Waals surface area contributed by atoms with Crippen molar-refractivity contribution in [3.05, 3.63) is 26.5 Å². The highest BCUT2D eigenvalue weighted by atomic mass is 79.9. The first-order valence-electron chi connectivity index (χ1n) is 6.69. The van der Waals surface area contributed by atoms with E-state index in [4.69, 9.17) is 4.98 Å². The lowest BCUT2D eigenvalue weighted by Crippen LogP contribution is -2.17. The molecule has 0 aromatic carbocycles. The molecule has 2 rings (SSSR count). The van der Waals surface area contributed by atoms with Crippen molar-refractivity contribution in [3.63, 3.8) is 0 Å². The SMILES string of the molecule is CCNc1nc(-c2cscc2C)nc(C(C)(C)C)c1Br. The Labute approximate surface area is 133 Å². The Morgan fingerprint density at radius 3 is 2.45 bits per heavy atom. The van der Waals surface area contributed by atoms with Crippen LogP contribution in [-0.4, -0.2) is 16.5 Å². The molecule has 2 heterocycles. The lowest BCUT2D eigenvalue weighted by Gasteiger charge is -2.22. The molecule has 3 nitrogen and oxygen atoms in total. The second kappa shape index (κ2) is 5.82. The molecule has 0 aliphatic heterocycles. The normalized spacial score (nSPS) is 11.7. The summed E-state index contributed by atoms with van der Waals surface area (Å²) in [5.74, 6) is 1.67. The maximum absolute atomic E-state index is 4.80. The molecule has 0 saturated carbocycles. The van der Waals surface area contributed by atoms with E-state index in [-0.39, 0.29) is 5.41 Å². The zero-order chi connectivity index (χ0) is 14.9. The van der Waals surface area contributed by atoms with Crippen molar-refractivity contribution in [1.82, 2.24) is 9.97 Å². The Morgan fingerprint density at radius 1 is 1.25 bits per heavy atom. The van der Waals surface area contributed by atoms with E-state index in [2.05, 4.69) is 71.6 Å². The van der Waals surface area contributed by atoms with Crippen LogP contribution in [0, 0.1) is 6.92 Å². The molecule has 5 heteroatoms. The Kier molecular flexibility index (Phi) is 4.49. The first kappa shape index (κ1) is 15.4. The molecule has 0 atom stereocenters. The van der Waals surface area contributed by atoms with Crippen LogP contribution in [0.2, 0.25) is 0 Å². The summed E-state index contributed by atoms with van der Waals surface area (Å²) >= 11 is 5.33.